The molecule has 0 unspecified atom stereocenters. The van der Waals surface area contributed by atoms with Gasteiger partial charge in [-0.25, -0.2) is 4.39 Å². The van der Waals surface area contributed by atoms with E-state index in [-0.39, 0.29) is 29.8 Å². The summed E-state index contributed by atoms with van der Waals surface area (Å²) in [4.78, 5) is 41.2. The first kappa shape index (κ1) is 26.2. The zero-order chi connectivity index (χ0) is 25.7. The molecule has 0 atom stereocenters. The van der Waals surface area contributed by atoms with E-state index < -0.39 is 11.1 Å². The first-order valence-electron chi connectivity index (χ1n) is 11.6. The van der Waals surface area contributed by atoms with Crippen LogP contribution in [0, 0.1) is 5.82 Å². The number of methoxy groups -OCH3 is 1. The van der Waals surface area contributed by atoms with E-state index in [9.17, 15) is 18.8 Å². The van der Waals surface area contributed by atoms with Crippen molar-refractivity contribution in [3.05, 3.63) is 62.7 Å². The number of hydrogen-bond acceptors (Lipinski definition) is 6. The molecule has 0 saturated carbocycles. The third-order valence-corrected chi connectivity index (χ3v) is 7.57. The van der Waals surface area contributed by atoms with Crippen LogP contribution in [0.4, 0.5) is 9.18 Å². The number of halogens is 2. The van der Waals surface area contributed by atoms with Gasteiger partial charge in [-0.1, -0.05) is 40.9 Å². The Hall–Kier alpha value is -2.85. The number of rotatable bonds is 7. The van der Waals surface area contributed by atoms with Crippen LogP contribution in [0.25, 0.3) is 6.08 Å². The van der Waals surface area contributed by atoms with Crippen molar-refractivity contribution in [2.75, 3.05) is 26.7 Å². The van der Waals surface area contributed by atoms with Crippen molar-refractivity contribution in [2.24, 2.45) is 0 Å². The summed E-state index contributed by atoms with van der Waals surface area (Å²) < 4.78 is 25.3. The molecule has 0 N–H and O–H groups in total. The Kier molecular flexibility index (Phi) is 8.68. The summed E-state index contributed by atoms with van der Waals surface area (Å²) in [7, 11) is 1.49. The Morgan fingerprint density at radius 3 is 2.56 bits per heavy atom. The van der Waals surface area contributed by atoms with Gasteiger partial charge in [0.25, 0.3) is 11.1 Å². The average molecular weight is 577 g/mol. The Balaban J connectivity index is 1.48. The molecule has 2 aromatic carbocycles. The largest absolute Gasteiger partial charge is 0.493 e. The predicted octanol–water partition coefficient (Wildman–Crippen LogP) is 5.61. The highest BCUT2D eigenvalue weighted by atomic mass is 79.9. The molecule has 0 aromatic heterocycles. The summed E-state index contributed by atoms with van der Waals surface area (Å²) >= 11 is 4.29. The van der Waals surface area contributed by atoms with Crippen molar-refractivity contribution < 1.29 is 28.2 Å². The van der Waals surface area contributed by atoms with E-state index in [4.69, 9.17) is 9.47 Å². The lowest BCUT2D eigenvalue weighted by molar-refractivity contribution is -0.135. The minimum atomic E-state index is -0.495. The van der Waals surface area contributed by atoms with Crippen LogP contribution in [-0.4, -0.2) is 53.6 Å². The van der Waals surface area contributed by atoms with E-state index in [0.29, 0.717) is 40.2 Å². The molecule has 3 amide bonds. The summed E-state index contributed by atoms with van der Waals surface area (Å²) in [6.07, 6.45) is 5.63. The van der Waals surface area contributed by atoms with Gasteiger partial charge in [-0.15, -0.1) is 0 Å². The summed E-state index contributed by atoms with van der Waals surface area (Å²) in [5.74, 6) is -0.200. The molecular weight excluding hydrogens is 551 g/mol. The van der Waals surface area contributed by atoms with Crippen LogP contribution in [0.15, 0.2) is 45.8 Å². The van der Waals surface area contributed by atoms with Crippen molar-refractivity contribution in [1.82, 2.24) is 9.80 Å². The van der Waals surface area contributed by atoms with Crippen LogP contribution >= 0.6 is 27.7 Å². The fourth-order valence-corrected chi connectivity index (χ4v) is 5.32. The summed E-state index contributed by atoms with van der Waals surface area (Å²) in [6.45, 7) is 1.21. The molecule has 0 radical (unpaired) electrons. The van der Waals surface area contributed by atoms with E-state index in [0.717, 1.165) is 42.3 Å². The molecule has 10 heteroatoms. The molecule has 2 aromatic rings. The third kappa shape index (κ3) is 6.28. The van der Waals surface area contributed by atoms with Gasteiger partial charge in [0.2, 0.25) is 5.91 Å². The first-order valence-corrected chi connectivity index (χ1v) is 13.2. The van der Waals surface area contributed by atoms with E-state index in [2.05, 4.69) is 15.9 Å². The highest BCUT2D eigenvalue weighted by Gasteiger charge is 2.37. The second-order valence-corrected chi connectivity index (χ2v) is 10.4. The van der Waals surface area contributed by atoms with Gasteiger partial charge in [0.1, 0.15) is 19.0 Å². The lowest BCUT2D eigenvalue weighted by Gasteiger charge is -2.22. The Bertz CT molecular complexity index is 1200. The number of likely N-dealkylation sites (tertiary alicyclic amines) is 1. The minimum Gasteiger partial charge on any atom is -0.493 e. The van der Waals surface area contributed by atoms with E-state index in [1.54, 1.807) is 35.2 Å². The SMILES string of the molecule is COc1cc(C=C2SC(=O)N(CC(=O)N3CCCCCC3)C2=O)c(Br)cc1OCc1cccc(F)c1. The van der Waals surface area contributed by atoms with Crippen molar-refractivity contribution in [2.45, 2.75) is 32.3 Å². The van der Waals surface area contributed by atoms with Crippen LogP contribution < -0.4 is 9.47 Å². The number of thioether (sulfide) groups is 1. The number of nitrogens with zero attached hydrogens (tertiary/aromatic N) is 2. The summed E-state index contributed by atoms with van der Waals surface area (Å²) in [5.41, 5.74) is 1.27. The normalized spacial score (nSPS) is 17.5. The Labute approximate surface area is 221 Å². The van der Waals surface area contributed by atoms with Crippen molar-refractivity contribution in [3.8, 4) is 11.5 Å². The Morgan fingerprint density at radius 2 is 1.86 bits per heavy atom. The molecule has 0 aliphatic carbocycles. The molecular formula is C26H26BrFN2O5S. The average Bonchev–Trinajstić information content (AvgIpc) is 3.04. The van der Waals surface area contributed by atoms with E-state index >= 15 is 0 Å². The first-order chi connectivity index (χ1) is 17.4. The zero-order valence-corrected chi connectivity index (χ0v) is 22.2. The van der Waals surface area contributed by atoms with Gasteiger partial charge in [0.05, 0.1) is 12.0 Å². The smallest absolute Gasteiger partial charge is 0.294 e. The molecule has 0 spiro atoms. The minimum absolute atomic E-state index is 0.143. The van der Waals surface area contributed by atoms with E-state index in [1.165, 1.54) is 19.2 Å². The number of ether oxygens (including phenoxy) is 2. The van der Waals surface area contributed by atoms with Crippen LogP contribution in [-0.2, 0) is 16.2 Å². The quantitative estimate of drug-likeness (QED) is 0.398. The molecule has 0 bridgehead atoms. The molecule has 2 heterocycles. The van der Waals surface area contributed by atoms with Gasteiger partial charge in [0, 0.05) is 17.6 Å². The standard InChI is InChI=1S/C26H26BrFN2O5S/c1-34-21-12-18(20(27)14-22(21)35-16-17-7-6-8-19(28)11-17)13-23-25(32)30(26(33)36-23)15-24(31)29-9-4-2-3-5-10-29/h6-8,11-14H,2-5,9-10,15-16H2,1H3. The molecule has 2 fully saturated rings. The van der Waals surface area contributed by atoms with E-state index in [1.807, 2.05) is 0 Å². The van der Waals surface area contributed by atoms with Crippen molar-refractivity contribution in [3.63, 3.8) is 0 Å². The monoisotopic (exact) mass is 576 g/mol. The number of carbonyl (C=O) groups excluding carboxylic acids is 3. The predicted molar refractivity (Wildman–Crippen MR) is 139 cm³/mol. The topological polar surface area (TPSA) is 76.2 Å². The number of carbonyl (C=O) groups is 3. The summed E-state index contributed by atoms with van der Waals surface area (Å²) in [6, 6.07) is 9.50. The van der Waals surface area contributed by atoms with Gasteiger partial charge < -0.3 is 14.4 Å². The lowest BCUT2D eigenvalue weighted by atomic mass is 10.1. The van der Waals surface area contributed by atoms with Crippen LogP contribution in [0.3, 0.4) is 0 Å². The molecule has 2 aliphatic heterocycles. The number of hydrogen-bond donors (Lipinski definition) is 0. The van der Waals surface area contributed by atoms with Crippen molar-refractivity contribution >= 4 is 50.8 Å². The van der Waals surface area contributed by atoms with Crippen molar-refractivity contribution in [1.29, 1.82) is 0 Å². The van der Waals surface area contributed by atoms with Gasteiger partial charge in [-0.2, -0.15) is 0 Å². The molecule has 4 rings (SSSR count). The maximum absolute atomic E-state index is 13.4. The maximum Gasteiger partial charge on any atom is 0.294 e. The van der Waals surface area contributed by atoms with Crippen LogP contribution in [0.5, 0.6) is 11.5 Å². The fraction of sp³-hybridized carbons (Fsp3) is 0.346. The second-order valence-electron chi connectivity index (χ2n) is 8.51. The molecule has 190 valence electrons. The molecule has 7 nitrogen and oxygen atoms in total. The zero-order valence-electron chi connectivity index (χ0n) is 19.8. The number of benzene rings is 2. The third-order valence-electron chi connectivity index (χ3n) is 5.98. The summed E-state index contributed by atoms with van der Waals surface area (Å²) in [5, 5.41) is -0.465. The second kappa shape index (κ2) is 11.9. The number of amides is 3. The maximum atomic E-state index is 13.4. The van der Waals surface area contributed by atoms with Gasteiger partial charge >= 0.3 is 0 Å². The fourth-order valence-electron chi connectivity index (χ4n) is 4.05. The molecule has 2 aliphatic rings. The Morgan fingerprint density at radius 1 is 1.11 bits per heavy atom. The lowest BCUT2D eigenvalue weighted by Crippen LogP contribution is -2.42. The highest BCUT2D eigenvalue weighted by Crippen LogP contribution is 2.38. The van der Waals surface area contributed by atoms with Crippen LogP contribution in [0.2, 0.25) is 0 Å². The van der Waals surface area contributed by atoms with Gasteiger partial charge in [-0.3, -0.25) is 19.3 Å². The molecule has 2 saturated heterocycles. The van der Waals surface area contributed by atoms with Crippen LogP contribution in [0.1, 0.15) is 36.8 Å². The molecule has 36 heavy (non-hydrogen) atoms. The number of imide groups is 1. The van der Waals surface area contributed by atoms with Gasteiger partial charge in [-0.05, 0) is 66.1 Å². The highest BCUT2D eigenvalue weighted by molar-refractivity contribution is 9.10. The van der Waals surface area contributed by atoms with Gasteiger partial charge in [0.15, 0.2) is 11.5 Å².